The molecule has 0 atom stereocenters. The van der Waals surface area contributed by atoms with Gasteiger partial charge in [-0.2, -0.15) is 0 Å². The van der Waals surface area contributed by atoms with Crippen molar-refractivity contribution in [2.75, 3.05) is 0 Å². The van der Waals surface area contributed by atoms with E-state index < -0.39 is 22.9 Å². The van der Waals surface area contributed by atoms with E-state index in [1.807, 2.05) is 27.7 Å². The minimum Gasteiger partial charge on any atom is -0.345 e. The molecule has 2 rings (SSSR count). The molecule has 6 heteroatoms. The molecule has 0 unspecified atom stereocenters. The zero-order chi connectivity index (χ0) is 20.1. The number of nitrogens with one attached hydrogen (secondary N) is 2. The SMILES string of the molecule is CC1(C)CC(NC(=O)C(=O)N2C(C)(C)CC(N)CC2(C)C)CC(C)(C)N1. The lowest BCUT2D eigenvalue weighted by Crippen LogP contribution is -2.68. The van der Waals surface area contributed by atoms with E-state index in [9.17, 15) is 9.59 Å². The summed E-state index contributed by atoms with van der Waals surface area (Å²) in [5.41, 5.74) is 5.14. The Morgan fingerprint density at radius 1 is 0.885 bits per heavy atom. The number of nitrogens with two attached hydrogens (primary N) is 1. The molecule has 150 valence electrons. The van der Waals surface area contributed by atoms with E-state index in [1.54, 1.807) is 4.90 Å². The smallest absolute Gasteiger partial charge is 0.312 e. The molecule has 4 N–H and O–H groups in total. The summed E-state index contributed by atoms with van der Waals surface area (Å²) >= 11 is 0. The van der Waals surface area contributed by atoms with Gasteiger partial charge in [-0.3, -0.25) is 9.59 Å². The average molecular weight is 367 g/mol. The van der Waals surface area contributed by atoms with Crippen LogP contribution in [-0.4, -0.2) is 51.0 Å². The van der Waals surface area contributed by atoms with E-state index in [0.29, 0.717) is 12.8 Å². The first-order valence-corrected chi connectivity index (χ1v) is 9.75. The van der Waals surface area contributed by atoms with Gasteiger partial charge >= 0.3 is 11.8 Å². The van der Waals surface area contributed by atoms with Crippen molar-refractivity contribution in [3.05, 3.63) is 0 Å². The quantitative estimate of drug-likeness (QED) is 0.619. The summed E-state index contributed by atoms with van der Waals surface area (Å²) in [6.07, 6.45) is 2.99. The number of likely N-dealkylation sites (tertiary alicyclic amines) is 1. The number of nitrogens with zero attached hydrogens (tertiary/aromatic N) is 1. The van der Waals surface area contributed by atoms with Crippen LogP contribution in [0.5, 0.6) is 0 Å². The standard InChI is InChI=1S/C20H38N4O2/c1-17(2)11-14(12-18(3,4)23-17)22-15(25)16(26)24-19(5,6)9-13(21)10-20(24,7)8/h13-14,23H,9-12,21H2,1-8H3,(H,22,25). The van der Waals surface area contributed by atoms with Crippen LogP contribution in [0, 0.1) is 0 Å². The molecule has 0 radical (unpaired) electrons. The maximum absolute atomic E-state index is 13.1. The molecule has 0 aromatic carbocycles. The molecule has 2 aliphatic rings. The molecule has 0 aromatic rings. The Labute approximate surface area is 158 Å². The highest BCUT2D eigenvalue weighted by Gasteiger charge is 2.49. The Morgan fingerprint density at radius 2 is 1.31 bits per heavy atom. The summed E-state index contributed by atoms with van der Waals surface area (Å²) in [7, 11) is 0. The van der Waals surface area contributed by atoms with Crippen molar-refractivity contribution < 1.29 is 9.59 Å². The molecular weight excluding hydrogens is 328 g/mol. The van der Waals surface area contributed by atoms with Crippen LogP contribution >= 0.6 is 0 Å². The van der Waals surface area contributed by atoms with E-state index in [0.717, 1.165) is 12.8 Å². The highest BCUT2D eigenvalue weighted by atomic mass is 16.2. The van der Waals surface area contributed by atoms with Crippen LogP contribution < -0.4 is 16.4 Å². The number of carbonyl (C=O) groups excluding carboxylic acids is 2. The predicted molar refractivity (Wildman–Crippen MR) is 105 cm³/mol. The van der Waals surface area contributed by atoms with Gasteiger partial charge in [0.05, 0.1) is 0 Å². The fourth-order valence-corrected chi connectivity index (χ4v) is 5.68. The van der Waals surface area contributed by atoms with Crippen LogP contribution in [0.15, 0.2) is 0 Å². The second kappa shape index (κ2) is 6.48. The zero-order valence-corrected chi connectivity index (χ0v) is 17.8. The van der Waals surface area contributed by atoms with E-state index in [4.69, 9.17) is 5.73 Å². The fraction of sp³-hybridized carbons (Fsp3) is 0.900. The Bertz CT molecular complexity index is 546. The van der Waals surface area contributed by atoms with Crippen LogP contribution in [0.25, 0.3) is 0 Å². The lowest BCUT2D eigenvalue weighted by molar-refractivity contribution is -0.159. The minimum absolute atomic E-state index is 0.0176. The first-order chi connectivity index (χ1) is 11.5. The van der Waals surface area contributed by atoms with Crippen molar-refractivity contribution in [2.45, 2.75) is 115 Å². The Kier molecular flexibility index (Phi) is 5.28. The van der Waals surface area contributed by atoms with E-state index in [-0.39, 0.29) is 23.2 Å². The summed E-state index contributed by atoms with van der Waals surface area (Å²) in [4.78, 5) is 27.7. The minimum atomic E-state index is -0.500. The molecule has 0 bridgehead atoms. The maximum Gasteiger partial charge on any atom is 0.312 e. The van der Waals surface area contributed by atoms with Crippen LogP contribution in [0.3, 0.4) is 0 Å². The predicted octanol–water partition coefficient (Wildman–Crippen LogP) is 1.92. The third-order valence-electron chi connectivity index (χ3n) is 5.66. The highest BCUT2D eigenvalue weighted by molar-refractivity contribution is 6.35. The number of piperidine rings is 2. The lowest BCUT2D eigenvalue weighted by Gasteiger charge is -2.54. The van der Waals surface area contributed by atoms with Crippen molar-refractivity contribution in [3.63, 3.8) is 0 Å². The number of hydrogen-bond acceptors (Lipinski definition) is 4. The lowest BCUT2D eigenvalue weighted by atomic mass is 9.77. The molecule has 2 heterocycles. The first kappa shape index (κ1) is 21.2. The molecule has 0 saturated carbocycles. The van der Waals surface area contributed by atoms with Gasteiger partial charge in [0.25, 0.3) is 0 Å². The number of hydrogen-bond donors (Lipinski definition) is 3. The molecule has 2 amide bonds. The van der Waals surface area contributed by atoms with E-state index >= 15 is 0 Å². The van der Waals surface area contributed by atoms with Gasteiger partial charge in [0.15, 0.2) is 0 Å². The van der Waals surface area contributed by atoms with Gasteiger partial charge in [-0.25, -0.2) is 0 Å². The van der Waals surface area contributed by atoms with Crippen molar-refractivity contribution >= 4 is 11.8 Å². The largest absolute Gasteiger partial charge is 0.345 e. The van der Waals surface area contributed by atoms with Gasteiger partial charge < -0.3 is 21.3 Å². The molecule has 0 aliphatic carbocycles. The maximum atomic E-state index is 13.1. The van der Waals surface area contributed by atoms with Crippen molar-refractivity contribution in [1.29, 1.82) is 0 Å². The molecular formula is C20H38N4O2. The van der Waals surface area contributed by atoms with Crippen LogP contribution in [0.4, 0.5) is 0 Å². The van der Waals surface area contributed by atoms with Crippen molar-refractivity contribution in [1.82, 2.24) is 15.5 Å². The van der Waals surface area contributed by atoms with Crippen LogP contribution in [0.1, 0.15) is 81.1 Å². The Hall–Kier alpha value is -1.14. The van der Waals surface area contributed by atoms with Gasteiger partial charge in [-0.15, -0.1) is 0 Å². The first-order valence-electron chi connectivity index (χ1n) is 9.75. The van der Waals surface area contributed by atoms with Gasteiger partial charge in [-0.1, -0.05) is 0 Å². The Morgan fingerprint density at radius 3 is 1.73 bits per heavy atom. The van der Waals surface area contributed by atoms with Gasteiger partial charge in [0.1, 0.15) is 0 Å². The summed E-state index contributed by atoms with van der Waals surface area (Å²) in [5.74, 6) is -0.943. The normalized spacial score (nSPS) is 27.8. The molecule has 2 saturated heterocycles. The van der Waals surface area contributed by atoms with Crippen molar-refractivity contribution in [3.8, 4) is 0 Å². The van der Waals surface area contributed by atoms with Crippen LogP contribution in [-0.2, 0) is 9.59 Å². The summed E-state index contributed by atoms with van der Waals surface area (Å²) in [6.45, 7) is 16.5. The topological polar surface area (TPSA) is 87.5 Å². The molecule has 6 nitrogen and oxygen atoms in total. The third kappa shape index (κ3) is 4.58. The van der Waals surface area contributed by atoms with Gasteiger partial charge in [0.2, 0.25) is 0 Å². The molecule has 0 spiro atoms. The fourth-order valence-electron chi connectivity index (χ4n) is 5.68. The van der Waals surface area contributed by atoms with Gasteiger partial charge in [0, 0.05) is 34.2 Å². The Balaban J connectivity index is 2.15. The zero-order valence-electron chi connectivity index (χ0n) is 17.8. The molecule has 0 aromatic heterocycles. The number of carbonyl (C=O) groups is 2. The highest BCUT2D eigenvalue weighted by Crippen LogP contribution is 2.38. The second-order valence-corrected chi connectivity index (χ2v) is 10.9. The van der Waals surface area contributed by atoms with E-state index in [1.165, 1.54) is 0 Å². The third-order valence-corrected chi connectivity index (χ3v) is 5.66. The molecule has 2 fully saturated rings. The van der Waals surface area contributed by atoms with Crippen molar-refractivity contribution in [2.24, 2.45) is 5.73 Å². The van der Waals surface area contributed by atoms with Gasteiger partial charge in [-0.05, 0) is 81.1 Å². The second-order valence-electron chi connectivity index (χ2n) is 10.9. The molecule has 26 heavy (non-hydrogen) atoms. The average Bonchev–Trinajstić information content (AvgIpc) is 2.30. The summed E-state index contributed by atoms with van der Waals surface area (Å²) in [5, 5.41) is 6.61. The summed E-state index contributed by atoms with van der Waals surface area (Å²) < 4.78 is 0. The monoisotopic (exact) mass is 366 g/mol. The van der Waals surface area contributed by atoms with Crippen LogP contribution in [0.2, 0.25) is 0 Å². The molecule has 2 aliphatic heterocycles. The summed E-state index contributed by atoms with van der Waals surface area (Å²) in [6, 6.07) is 0.0223. The number of amides is 2. The number of rotatable bonds is 1. The van der Waals surface area contributed by atoms with E-state index in [2.05, 4.69) is 38.3 Å².